The van der Waals surface area contributed by atoms with Crippen molar-refractivity contribution in [1.82, 2.24) is 15.1 Å². The van der Waals surface area contributed by atoms with Gasteiger partial charge in [0.15, 0.2) is 11.5 Å². The molecule has 0 unspecified atom stereocenters. The number of ether oxygens (including phenoxy) is 2. The Labute approximate surface area is 150 Å². The highest BCUT2D eigenvalue weighted by Gasteiger charge is 2.06. The van der Waals surface area contributed by atoms with Crippen LogP contribution in [0.4, 0.5) is 0 Å². The van der Waals surface area contributed by atoms with Crippen LogP contribution in [0.5, 0.6) is 11.5 Å². The summed E-state index contributed by atoms with van der Waals surface area (Å²) in [5.41, 5.74) is 2.46. The van der Waals surface area contributed by atoms with E-state index in [2.05, 4.69) is 41.1 Å². The van der Waals surface area contributed by atoms with Gasteiger partial charge < -0.3 is 14.8 Å². The first-order chi connectivity index (χ1) is 11.1. The first kappa shape index (κ1) is 20.3. The molecule has 0 fully saturated rings. The summed E-state index contributed by atoms with van der Waals surface area (Å²) >= 11 is 0. The smallest absolute Gasteiger partial charge is 0.160 e. The highest BCUT2D eigenvalue weighted by atomic mass is 35.5. The van der Waals surface area contributed by atoms with Crippen LogP contribution < -0.4 is 14.8 Å². The average molecular weight is 354 g/mol. The molecule has 2 rings (SSSR count). The fourth-order valence-electron chi connectivity index (χ4n) is 2.51. The third-order valence-electron chi connectivity index (χ3n) is 3.69. The molecule has 0 saturated carbocycles. The molecule has 0 bridgehead atoms. The maximum absolute atomic E-state index is 5.34. The van der Waals surface area contributed by atoms with Crippen molar-refractivity contribution in [3.63, 3.8) is 0 Å². The minimum atomic E-state index is 0. The van der Waals surface area contributed by atoms with Crippen molar-refractivity contribution < 1.29 is 9.47 Å². The predicted octanol–water partition coefficient (Wildman–Crippen LogP) is 3.31. The van der Waals surface area contributed by atoms with Crippen molar-refractivity contribution in [2.24, 2.45) is 5.92 Å². The van der Waals surface area contributed by atoms with Crippen molar-refractivity contribution in [2.45, 2.75) is 33.4 Å². The molecular weight excluding hydrogens is 326 g/mol. The van der Waals surface area contributed by atoms with E-state index in [1.54, 1.807) is 14.2 Å². The summed E-state index contributed by atoms with van der Waals surface area (Å²) in [6.07, 6.45) is 2.81. The van der Waals surface area contributed by atoms with Crippen LogP contribution in [0.1, 0.15) is 25.1 Å². The Bertz CT molecular complexity index is 614. The Kier molecular flexibility index (Phi) is 8.65. The summed E-state index contributed by atoms with van der Waals surface area (Å²) in [7, 11) is 3.31. The van der Waals surface area contributed by atoms with Crippen molar-refractivity contribution in [1.29, 1.82) is 0 Å². The van der Waals surface area contributed by atoms with Crippen LogP contribution in [0.3, 0.4) is 0 Å². The highest BCUT2D eigenvalue weighted by molar-refractivity contribution is 5.85. The minimum Gasteiger partial charge on any atom is -0.493 e. The molecule has 1 aromatic heterocycles. The zero-order valence-electron chi connectivity index (χ0n) is 14.9. The lowest BCUT2D eigenvalue weighted by Crippen LogP contribution is -2.20. The number of rotatable bonds is 9. The summed E-state index contributed by atoms with van der Waals surface area (Å²) < 4.78 is 12.7. The Morgan fingerprint density at radius 3 is 2.54 bits per heavy atom. The van der Waals surface area contributed by atoms with Crippen molar-refractivity contribution in [3.05, 3.63) is 41.7 Å². The molecule has 1 heterocycles. The predicted molar refractivity (Wildman–Crippen MR) is 99.3 cm³/mol. The lowest BCUT2D eigenvalue weighted by atomic mass is 10.1. The van der Waals surface area contributed by atoms with Gasteiger partial charge in [0.25, 0.3) is 0 Å². The number of hydrogen-bond acceptors (Lipinski definition) is 4. The molecule has 2 aromatic rings. The van der Waals surface area contributed by atoms with E-state index in [1.807, 2.05) is 18.3 Å². The van der Waals surface area contributed by atoms with Crippen molar-refractivity contribution in [3.8, 4) is 11.5 Å². The molecule has 0 spiro atoms. The number of halogens is 1. The average Bonchev–Trinajstić information content (AvgIpc) is 2.97. The Balaban J connectivity index is 0.00000288. The van der Waals surface area contributed by atoms with Gasteiger partial charge in [0.05, 0.1) is 19.9 Å². The van der Waals surface area contributed by atoms with E-state index in [0.717, 1.165) is 37.6 Å². The summed E-state index contributed by atoms with van der Waals surface area (Å²) in [4.78, 5) is 0. The van der Waals surface area contributed by atoms with Crippen molar-refractivity contribution in [2.75, 3.05) is 20.8 Å². The standard InChI is InChI=1S/C18H27N3O2.ClH/c1-14(2)13-21-16(8-10-20-21)12-19-9-7-15-5-6-17(22-3)18(11-15)23-4;/h5-6,8,10-11,14,19H,7,9,12-13H2,1-4H3;1H. The molecular formula is C18H28ClN3O2. The third kappa shape index (κ3) is 5.73. The Hall–Kier alpha value is -1.72. The van der Waals surface area contributed by atoms with Gasteiger partial charge in [-0.1, -0.05) is 19.9 Å². The van der Waals surface area contributed by atoms with Gasteiger partial charge in [-0.15, -0.1) is 12.4 Å². The monoisotopic (exact) mass is 353 g/mol. The van der Waals surface area contributed by atoms with Gasteiger partial charge >= 0.3 is 0 Å². The van der Waals surface area contributed by atoms with E-state index < -0.39 is 0 Å². The molecule has 0 saturated heterocycles. The van der Waals surface area contributed by atoms with E-state index in [1.165, 1.54) is 11.3 Å². The molecule has 1 N–H and O–H groups in total. The van der Waals surface area contributed by atoms with E-state index in [-0.39, 0.29) is 12.4 Å². The first-order valence-corrected chi connectivity index (χ1v) is 8.06. The third-order valence-corrected chi connectivity index (χ3v) is 3.69. The molecule has 0 atom stereocenters. The molecule has 134 valence electrons. The van der Waals surface area contributed by atoms with Crippen molar-refractivity contribution >= 4 is 12.4 Å². The summed E-state index contributed by atoms with van der Waals surface area (Å²) in [6.45, 7) is 7.11. The fourth-order valence-corrected chi connectivity index (χ4v) is 2.51. The summed E-state index contributed by atoms with van der Waals surface area (Å²) in [5, 5.41) is 7.86. The minimum absolute atomic E-state index is 0. The highest BCUT2D eigenvalue weighted by Crippen LogP contribution is 2.27. The summed E-state index contributed by atoms with van der Waals surface area (Å²) in [6, 6.07) is 8.13. The largest absolute Gasteiger partial charge is 0.493 e. The lowest BCUT2D eigenvalue weighted by molar-refractivity contribution is 0.354. The number of nitrogens with zero attached hydrogens (tertiary/aromatic N) is 2. The molecule has 0 aliphatic heterocycles. The van der Waals surface area contributed by atoms with Crippen LogP contribution in [0.15, 0.2) is 30.5 Å². The molecule has 5 nitrogen and oxygen atoms in total. The Morgan fingerprint density at radius 2 is 1.88 bits per heavy atom. The summed E-state index contributed by atoms with van der Waals surface area (Å²) in [5.74, 6) is 2.14. The quantitative estimate of drug-likeness (QED) is 0.703. The number of hydrogen-bond donors (Lipinski definition) is 1. The van der Waals surface area contributed by atoms with Crippen LogP contribution in [-0.4, -0.2) is 30.5 Å². The van der Waals surface area contributed by atoms with Gasteiger partial charge in [-0.05, 0) is 42.6 Å². The number of benzene rings is 1. The maximum Gasteiger partial charge on any atom is 0.160 e. The zero-order chi connectivity index (χ0) is 16.7. The molecule has 24 heavy (non-hydrogen) atoms. The second kappa shape index (κ2) is 10.2. The molecule has 0 aliphatic rings. The van der Waals surface area contributed by atoms with Gasteiger partial charge in [-0.25, -0.2) is 0 Å². The zero-order valence-corrected chi connectivity index (χ0v) is 15.7. The van der Waals surface area contributed by atoms with Gasteiger partial charge in [0, 0.05) is 19.3 Å². The topological polar surface area (TPSA) is 48.3 Å². The van der Waals surface area contributed by atoms with Crippen LogP contribution in [0.25, 0.3) is 0 Å². The van der Waals surface area contributed by atoms with Crippen LogP contribution in [-0.2, 0) is 19.5 Å². The van der Waals surface area contributed by atoms with E-state index in [4.69, 9.17) is 9.47 Å². The number of aromatic nitrogens is 2. The van der Waals surface area contributed by atoms with Crippen LogP contribution in [0, 0.1) is 5.92 Å². The van der Waals surface area contributed by atoms with Crippen LogP contribution >= 0.6 is 12.4 Å². The second-order valence-corrected chi connectivity index (χ2v) is 6.01. The number of methoxy groups -OCH3 is 2. The molecule has 1 aromatic carbocycles. The lowest BCUT2D eigenvalue weighted by Gasteiger charge is -2.12. The van der Waals surface area contributed by atoms with Gasteiger partial charge in [-0.2, -0.15) is 5.10 Å². The normalized spacial score (nSPS) is 10.5. The van der Waals surface area contributed by atoms with Gasteiger partial charge in [-0.3, -0.25) is 4.68 Å². The Morgan fingerprint density at radius 1 is 1.12 bits per heavy atom. The fraction of sp³-hybridized carbons (Fsp3) is 0.500. The molecule has 6 heteroatoms. The van der Waals surface area contributed by atoms with Crippen LogP contribution in [0.2, 0.25) is 0 Å². The first-order valence-electron chi connectivity index (χ1n) is 8.06. The number of nitrogens with one attached hydrogen (secondary N) is 1. The van der Waals surface area contributed by atoms with E-state index in [0.29, 0.717) is 5.92 Å². The van der Waals surface area contributed by atoms with Gasteiger partial charge in [0.1, 0.15) is 0 Å². The van der Waals surface area contributed by atoms with E-state index in [9.17, 15) is 0 Å². The maximum atomic E-state index is 5.34. The van der Waals surface area contributed by atoms with Gasteiger partial charge in [0.2, 0.25) is 0 Å². The second-order valence-electron chi connectivity index (χ2n) is 6.01. The van der Waals surface area contributed by atoms with E-state index >= 15 is 0 Å². The molecule has 0 aliphatic carbocycles. The molecule has 0 amide bonds. The molecule has 0 radical (unpaired) electrons. The SMILES string of the molecule is COc1ccc(CCNCc2ccnn2CC(C)C)cc1OC.Cl.